The van der Waals surface area contributed by atoms with E-state index in [4.69, 9.17) is 9.47 Å². The minimum Gasteiger partial charge on any atom is -0.494 e. The van der Waals surface area contributed by atoms with Crippen molar-refractivity contribution in [3.63, 3.8) is 0 Å². The summed E-state index contributed by atoms with van der Waals surface area (Å²) in [6.07, 6.45) is 5.66. The molecule has 2 rings (SSSR count). The van der Waals surface area contributed by atoms with Gasteiger partial charge in [0, 0.05) is 31.7 Å². The number of benzene rings is 1. The molecule has 0 fully saturated rings. The number of aryl methyl sites for hydroxylation is 1. The highest BCUT2D eigenvalue weighted by molar-refractivity contribution is 5.55. The zero-order valence-corrected chi connectivity index (χ0v) is 12.0. The van der Waals surface area contributed by atoms with E-state index in [1.54, 1.807) is 7.11 Å². The highest BCUT2D eigenvalue weighted by Crippen LogP contribution is 2.19. The van der Waals surface area contributed by atoms with Crippen LogP contribution in [0.5, 0.6) is 5.75 Å². The van der Waals surface area contributed by atoms with E-state index in [1.165, 1.54) is 0 Å². The molecule has 1 aromatic heterocycles. The lowest BCUT2D eigenvalue weighted by molar-refractivity contribution is 0.184. The van der Waals surface area contributed by atoms with Gasteiger partial charge in [-0.3, -0.25) is 0 Å². The van der Waals surface area contributed by atoms with Crippen molar-refractivity contribution in [2.45, 2.75) is 19.8 Å². The zero-order chi connectivity index (χ0) is 14.2. The fourth-order valence-electron chi connectivity index (χ4n) is 1.78. The van der Waals surface area contributed by atoms with Crippen LogP contribution in [-0.2, 0) is 4.74 Å². The van der Waals surface area contributed by atoms with Crippen molar-refractivity contribution in [1.82, 2.24) is 9.97 Å². The minimum atomic E-state index is 0.712. The van der Waals surface area contributed by atoms with E-state index < -0.39 is 0 Å². The topological polar surface area (TPSA) is 44.2 Å². The lowest BCUT2D eigenvalue weighted by atomic mass is 10.2. The van der Waals surface area contributed by atoms with Gasteiger partial charge in [0.05, 0.1) is 6.61 Å². The van der Waals surface area contributed by atoms with Gasteiger partial charge < -0.3 is 9.47 Å². The molecule has 20 heavy (non-hydrogen) atoms. The first-order chi connectivity index (χ1) is 9.79. The molecule has 106 valence electrons. The third kappa shape index (κ3) is 4.31. The molecular formula is C16H20N2O2. The van der Waals surface area contributed by atoms with E-state index in [2.05, 4.69) is 9.97 Å². The van der Waals surface area contributed by atoms with Crippen LogP contribution in [0.3, 0.4) is 0 Å². The average Bonchev–Trinajstić information content (AvgIpc) is 2.49. The lowest BCUT2D eigenvalue weighted by Crippen LogP contribution is -1.99. The minimum absolute atomic E-state index is 0.712. The van der Waals surface area contributed by atoms with Gasteiger partial charge >= 0.3 is 0 Å². The summed E-state index contributed by atoms with van der Waals surface area (Å²) < 4.78 is 10.7. The van der Waals surface area contributed by atoms with Crippen LogP contribution < -0.4 is 4.74 Å². The molecule has 0 aliphatic rings. The molecule has 0 saturated carbocycles. The molecule has 4 heteroatoms. The summed E-state index contributed by atoms with van der Waals surface area (Å²) >= 11 is 0. The van der Waals surface area contributed by atoms with E-state index in [0.29, 0.717) is 6.61 Å². The first kappa shape index (κ1) is 14.5. The second-order valence-corrected chi connectivity index (χ2v) is 4.66. The van der Waals surface area contributed by atoms with Crippen LogP contribution >= 0.6 is 0 Å². The number of hydrogen-bond donors (Lipinski definition) is 0. The highest BCUT2D eigenvalue weighted by atomic mass is 16.5. The Hall–Kier alpha value is -1.94. The van der Waals surface area contributed by atoms with E-state index in [-0.39, 0.29) is 0 Å². The fraction of sp³-hybridized carbons (Fsp3) is 0.375. The van der Waals surface area contributed by atoms with Gasteiger partial charge in [0.15, 0.2) is 5.82 Å². The molecule has 0 amide bonds. The molecule has 4 nitrogen and oxygen atoms in total. The Morgan fingerprint density at radius 3 is 2.25 bits per heavy atom. The van der Waals surface area contributed by atoms with Gasteiger partial charge in [-0.1, -0.05) is 0 Å². The molecule has 0 aliphatic heterocycles. The van der Waals surface area contributed by atoms with Crippen LogP contribution in [0.15, 0.2) is 36.7 Å². The Labute approximate surface area is 119 Å². The Morgan fingerprint density at radius 2 is 1.60 bits per heavy atom. The molecule has 0 aliphatic carbocycles. The third-order valence-corrected chi connectivity index (χ3v) is 2.90. The van der Waals surface area contributed by atoms with Crippen molar-refractivity contribution < 1.29 is 9.47 Å². The van der Waals surface area contributed by atoms with Crippen molar-refractivity contribution in [1.29, 1.82) is 0 Å². The first-order valence-electron chi connectivity index (χ1n) is 6.80. The molecule has 2 aromatic rings. The molecule has 0 N–H and O–H groups in total. The van der Waals surface area contributed by atoms with Gasteiger partial charge in [-0.25, -0.2) is 9.97 Å². The average molecular weight is 272 g/mol. The largest absolute Gasteiger partial charge is 0.494 e. The Kier molecular flexibility index (Phi) is 5.50. The molecule has 0 spiro atoms. The number of hydrogen-bond acceptors (Lipinski definition) is 4. The van der Waals surface area contributed by atoms with Gasteiger partial charge in [-0.2, -0.15) is 0 Å². The van der Waals surface area contributed by atoms with Gasteiger partial charge in [0.1, 0.15) is 5.75 Å². The van der Waals surface area contributed by atoms with Crippen LogP contribution in [-0.4, -0.2) is 30.3 Å². The van der Waals surface area contributed by atoms with Crippen LogP contribution in [0, 0.1) is 6.92 Å². The number of unbranched alkanes of at least 4 members (excludes halogenated alkanes) is 1. The summed E-state index contributed by atoms with van der Waals surface area (Å²) in [6.45, 7) is 3.47. The SMILES string of the molecule is COCCCCOc1ccc(-c2ncc(C)cn2)cc1. The molecular weight excluding hydrogens is 252 g/mol. The number of rotatable bonds is 7. The normalized spacial score (nSPS) is 10.5. The smallest absolute Gasteiger partial charge is 0.159 e. The van der Waals surface area contributed by atoms with Gasteiger partial charge in [-0.15, -0.1) is 0 Å². The predicted molar refractivity (Wildman–Crippen MR) is 78.8 cm³/mol. The first-order valence-corrected chi connectivity index (χ1v) is 6.80. The second-order valence-electron chi connectivity index (χ2n) is 4.66. The Balaban J connectivity index is 1.88. The van der Waals surface area contributed by atoms with Crippen LogP contribution in [0.25, 0.3) is 11.4 Å². The van der Waals surface area contributed by atoms with Crippen molar-refractivity contribution in [3.05, 3.63) is 42.2 Å². The maximum atomic E-state index is 5.67. The standard InChI is InChI=1S/C16H20N2O2/c1-13-11-17-16(18-12-13)14-5-7-15(8-6-14)20-10-4-3-9-19-2/h5-8,11-12H,3-4,9-10H2,1-2H3. The van der Waals surface area contributed by atoms with E-state index >= 15 is 0 Å². The number of aromatic nitrogens is 2. The summed E-state index contributed by atoms with van der Waals surface area (Å²) in [6, 6.07) is 7.87. The van der Waals surface area contributed by atoms with Crippen molar-refractivity contribution in [2.24, 2.45) is 0 Å². The van der Waals surface area contributed by atoms with Crippen molar-refractivity contribution >= 4 is 0 Å². The number of ether oxygens (including phenoxy) is 2. The summed E-state index contributed by atoms with van der Waals surface area (Å²) in [7, 11) is 1.72. The number of nitrogens with zero attached hydrogens (tertiary/aromatic N) is 2. The monoisotopic (exact) mass is 272 g/mol. The second kappa shape index (κ2) is 7.60. The summed E-state index contributed by atoms with van der Waals surface area (Å²) in [5.41, 5.74) is 2.06. The lowest BCUT2D eigenvalue weighted by Gasteiger charge is -2.07. The molecule has 0 atom stereocenters. The quantitative estimate of drug-likeness (QED) is 0.726. The molecule has 1 aromatic carbocycles. The van der Waals surface area contributed by atoms with Crippen molar-refractivity contribution in [2.75, 3.05) is 20.3 Å². The van der Waals surface area contributed by atoms with Gasteiger partial charge in [0.25, 0.3) is 0 Å². The van der Waals surface area contributed by atoms with Crippen LogP contribution in [0.4, 0.5) is 0 Å². The van der Waals surface area contributed by atoms with E-state index in [9.17, 15) is 0 Å². The van der Waals surface area contributed by atoms with Crippen LogP contribution in [0.1, 0.15) is 18.4 Å². The summed E-state index contributed by atoms with van der Waals surface area (Å²) in [4.78, 5) is 8.62. The molecule has 0 bridgehead atoms. The molecule has 1 heterocycles. The zero-order valence-electron chi connectivity index (χ0n) is 12.0. The molecule has 0 radical (unpaired) electrons. The van der Waals surface area contributed by atoms with E-state index in [1.807, 2.05) is 43.6 Å². The molecule has 0 saturated heterocycles. The van der Waals surface area contributed by atoms with E-state index in [0.717, 1.165) is 42.1 Å². The predicted octanol–water partition coefficient (Wildman–Crippen LogP) is 3.26. The maximum Gasteiger partial charge on any atom is 0.159 e. The molecule has 0 unspecified atom stereocenters. The maximum absolute atomic E-state index is 5.67. The Bertz CT molecular complexity index is 509. The van der Waals surface area contributed by atoms with Crippen LogP contribution in [0.2, 0.25) is 0 Å². The highest BCUT2D eigenvalue weighted by Gasteiger charge is 2.01. The summed E-state index contributed by atoms with van der Waals surface area (Å²) in [5.74, 6) is 1.61. The van der Waals surface area contributed by atoms with Gasteiger partial charge in [-0.05, 0) is 49.6 Å². The van der Waals surface area contributed by atoms with Gasteiger partial charge in [0.2, 0.25) is 0 Å². The Morgan fingerprint density at radius 1 is 0.950 bits per heavy atom. The van der Waals surface area contributed by atoms with Crippen molar-refractivity contribution in [3.8, 4) is 17.1 Å². The third-order valence-electron chi connectivity index (χ3n) is 2.90. The number of methoxy groups -OCH3 is 1. The summed E-state index contributed by atoms with van der Waals surface area (Å²) in [5, 5.41) is 0. The fourth-order valence-corrected chi connectivity index (χ4v) is 1.78.